The number of nitrogens with zero attached hydrogens (tertiary/aromatic N) is 1. The zero-order chi connectivity index (χ0) is 14.2. The topological polar surface area (TPSA) is 125 Å². The summed E-state index contributed by atoms with van der Waals surface area (Å²) in [5, 5.41) is 28.4. The molecule has 1 aromatic rings. The highest BCUT2D eigenvalue weighted by Crippen LogP contribution is 2.26. The molecule has 0 bridgehead atoms. The van der Waals surface area contributed by atoms with Crippen molar-refractivity contribution in [2.45, 2.75) is 37.9 Å². The molecule has 1 aliphatic heterocycles. The van der Waals surface area contributed by atoms with Crippen molar-refractivity contribution in [2.24, 2.45) is 0 Å². The summed E-state index contributed by atoms with van der Waals surface area (Å²) in [6.45, 7) is 1.05. The molecule has 106 valence electrons. The number of aliphatic hydroxyl groups excluding tert-OH is 3. The van der Waals surface area contributed by atoms with Crippen LogP contribution in [0.25, 0.3) is 0 Å². The fourth-order valence-electron chi connectivity index (χ4n) is 2.06. The molecule has 1 saturated heterocycles. The Bertz CT molecular complexity index is 565. The van der Waals surface area contributed by atoms with E-state index in [1.54, 1.807) is 0 Å². The van der Waals surface area contributed by atoms with Crippen LogP contribution in [0.4, 0.5) is 0 Å². The van der Waals surface area contributed by atoms with Crippen LogP contribution < -0.4 is 11.2 Å². The van der Waals surface area contributed by atoms with Crippen LogP contribution >= 0.6 is 0 Å². The van der Waals surface area contributed by atoms with Gasteiger partial charge < -0.3 is 20.1 Å². The van der Waals surface area contributed by atoms with Crippen molar-refractivity contribution in [2.75, 3.05) is 6.61 Å². The van der Waals surface area contributed by atoms with E-state index in [-0.39, 0.29) is 6.42 Å². The van der Waals surface area contributed by atoms with Gasteiger partial charge in [0.15, 0.2) is 0 Å². The lowest BCUT2D eigenvalue weighted by Crippen LogP contribution is -2.50. The minimum absolute atomic E-state index is 0.0109. The third-order valence-electron chi connectivity index (χ3n) is 3.19. The first-order valence-electron chi connectivity index (χ1n) is 5.88. The van der Waals surface area contributed by atoms with E-state index in [9.17, 15) is 19.8 Å². The van der Waals surface area contributed by atoms with Gasteiger partial charge in [-0.15, -0.1) is 0 Å². The third kappa shape index (κ3) is 2.61. The Balaban J connectivity index is 2.35. The predicted octanol–water partition coefficient (Wildman–Crippen LogP) is -2.15. The molecule has 1 fully saturated rings. The summed E-state index contributed by atoms with van der Waals surface area (Å²) in [6.07, 6.45) is -2.84. The zero-order valence-corrected chi connectivity index (χ0v) is 10.3. The maximum absolute atomic E-state index is 11.7. The van der Waals surface area contributed by atoms with E-state index in [1.165, 1.54) is 13.1 Å². The summed E-state index contributed by atoms with van der Waals surface area (Å²) in [5.41, 5.74) is -0.832. The standard InChI is InChI=1S/C11H16N2O6/c1-5-3-13(11(18)12-10(5)17)8-2-6(15)9(16)7(4-14)19-8/h3,6-9,14-16H,2,4H2,1H3,(H,12,17,18)/t6-,7+,8+,9+/m1/s1. The minimum Gasteiger partial charge on any atom is -0.394 e. The molecule has 4 N–H and O–H groups in total. The second-order valence-electron chi connectivity index (χ2n) is 4.58. The van der Waals surface area contributed by atoms with Gasteiger partial charge in [0.25, 0.3) is 5.56 Å². The normalized spacial score (nSPS) is 31.4. The van der Waals surface area contributed by atoms with Gasteiger partial charge in [0.2, 0.25) is 0 Å². The number of hydrogen-bond donors (Lipinski definition) is 4. The monoisotopic (exact) mass is 272 g/mol. The van der Waals surface area contributed by atoms with E-state index < -0.39 is 42.4 Å². The second-order valence-corrected chi connectivity index (χ2v) is 4.58. The van der Waals surface area contributed by atoms with E-state index in [2.05, 4.69) is 4.98 Å². The first kappa shape index (κ1) is 13.9. The average Bonchev–Trinajstić information content (AvgIpc) is 2.37. The van der Waals surface area contributed by atoms with Gasteiger partial charge in [-0.3, -0.25) is 14.3 Å². The van der Waals surface area contributed by atoms with Gasteiger partial charge in [-0.25, -0.2) is 4.79 Å². The van der Waals surface area contributed by atoms with E-state index in [0.717, 1.165) is 4.57 Å². The number of hydrogen-bond acceptors (Lipinski definition) is 6. The van der Waals surface area contributed by atoms with Crippen LogP contribution in [0.1, 0.15) is 18.2 Å². The SMILES string of the molecule is Cc1cn([C@@H]2C[C@@H](O)[C@H](O)[C@H](CO)O2)c(=O)[nH]c1=O. The van der Waals surface area contributed by atoms with E-state index >= 15 is 0 Å². The van der Waals surface area contributed by atoms with Crippen LogP contribution in [-0.2, 0) is 4.74 Å². The molecule has 0 aromatic carbocycles. The van der Waals surface area contributed by atoms with E-state index in [4.69, 9.17) is 9.84 Å². The molecule has 0 saturated carbocycles. The molecule has 0 spiro atoms. The first-order chi connectivity index (χ1) is 8.93. The van der Waals surface area contributed by atoms with Crippen LogP contribution in [0.15, 0.2) is 15.8 Å². The van der Waals surface area contributed by atoms with Crippen molar-refractivity contribution in [1.29, 1.82) is 0 Å². The van der Waals surface area contributed by atoms with Crippen molar-refractivity contribution in [1.82, 2.24) is 9.55 Å². The van der Waals surface area contributed by atoms with E-state index in [0.29, 0.717) is 5.56 Å². The molecule has 8 nitrogen and oxygen atoms in total. The lowest BCUT2D eigenvalue weighted by atomic mass is 10.0. The third-order valence-corrected chi connectivity index (χ3v) is 3.19. The molecule has 0 amide bonds. The number of aliphatic hydroxyl groups is 3. The number of aromatic nitrogens is 2. The van der Waals surface area contributed by atoms with Crippen LogP contribution in [0.5, 0.6) is 0 Å². The summed E-state index contributed by atoms with van der Waals surface area (Å²) in [5.74, 6) is 0. The number of nitrogens with one attached hydrogen (secondary N) is 1. The van der Waals surface area contributed by atoms with Crippen LogP contribution in [0.3, 0.4) is 0 Å². The number of H-pyrrole nitrogens is 1. The summed E-state index contributed by atoms with van der Waals surface area (Å²) in [4.78, 5) is 25.1. The van der Waals surface area contributed by atoms with Crippen molar-refractivity contribution >= 4 is 0 Å². The molecular weight excluding hydrogens is 256 g/mol. The number of ether oxygens (including phenoxy) is 1. The predicted molar refractivity (Wildman–Crippen MR) is 63.7 cm³/mol. The lowest BCUT2D eigenvalue weighted by Gasteiger charge is -2.36. The Labute approximate surface area is 107 Å². The summed E-state index contributed by atoms with van der Waals surface area (Å²) < 4.78 is 6.49. The summed E-state index contributed by atoms with van der Waals surface area (Å²) in [7, 11) is 0. The molecule has 4 atom stereocenters. The largest absolute Gasteiger partial charge is 0.394 e. The number of rotatable bonds is 2. The molecule has 8 heteroatoms. The Kier molecular flexibility index (Phi) is 3.85. The summed E-state index contributed by atoms with van der Waals surface area (Å²) >= 11 is 0. The smallest absolute Gasteiger partial charge is 0.330 e. The molecule has 19 heavy (non-hydrogen) atoms. The summed E-state index contributed by atoms with van der Waals surface area (Å²) in [6, 6.07) is 0. The second kappa shape index (κ2) is 5.25. The molecule has 2 rings (SSSR count). The van der Waals surface area contributed by atoms with Gasteiger partial charge >= 0.3 is 5.69 Å². The molecule has 2 heterocycles. The quantitative estimate of drug-likeness (QED) is 0.486. The van der Waals surface area contributed by atoms with Gasteiger partial charge in [-0.05, 0) is 6.92 Å². The van der Waals surface area contributed by atoms with Gasteiger partial charge in [-0.2, -0.15) is 0 Å². The minimum atomic E-state index is -1.21. The molecule has 1 aliphatic rings. The van der Waals surface area contributed by atoms with Crippen LogP contribution in [0, 0.1) is 6.92 Å². The van der Waals surface area contributed by atoms with Crippen LogP contribution in [-0.4, -0.2) is 49.8 Å². The Morgan fingerprint density at radius 3 is 2.79 bits per heavy atom. The highest BCUT2D eigenvalue weighted by molar-refractivity contribution is 5.02. The molecule has 1 aromatic heterocycles. The van der Waals surface area contributed by atoms with Gasteiger partial charge in [0, 0.05) is 18.2 Å². The number of aryl methyl sites for hydroxylation is 1. The Morgan fingerprint density at radius 2 is 2.16 bits per heavy atom. The zero-order valence-electron chi connectivity index (χ0n) is 10.3. The van der Waals surface area contributed by atoms with E-state index in [1.807, 2.05) is 0 Å². The highest BCUT2D eigenvalue weighted by Gasteiger charge is 2.37. The first-order valence-corrected chi connectivity index (χ1v) is 5.88. The Hall–Kier alpha value is -1.48. The lowest BCUT2D eigenvalue weighted by molar-refractivity contribution is -0.202. The fraction of sp³-hybridized carbons (Fsp3) is 0.636. The number of aromatic amines is 1. The van der Waals surface area contributed by atoms with Gasteiger partial charge in [0.1, 0.15) is 18.4 Å². The highest BCUT2D eigenvalue weighted by atomic mass is 16.5. The van der Waals surface area contributed by atoms with Gasteiger partial charge in [0.05, 0.1) is 12.7 Å². The molecule has 0 radical (unpaired) electrons. The van der Waals surface area contributed by atoms with Crippen molar-refractivity contribution in [3.63, 3.8) is 0 Å². The maximum atomic E-state index is 11.7. The molecule has 0 aliphatic carbocycles. The average molecular weight is 272 g/mol. The molecular formula is C11H16N2O6. The Morgan fingerprint density at radius 1 is 1.47 bits per heavy atom. The molecule has 0 unspecified atom stereocenters. The van der Waals surface area contributed by atoms with Crippen molar-refractivity contribution in [3.8, 4) is 0 Å². The van der Waals surface area contributed by atoms with Crippen LogP contribution in [0.2, 0.25) is 0 Å². The maximum Gasteiger partial charge on any atom is 0.330 e. The fourth-order valence-corrected chi connectivity index (χ4v) is 2.06. The van der Waals surface area contributed by atoms with Crippen molar-refractivity contribution < 1.29 is 20.1 Å². The van der Waals surface area contributed by atoms with Gasteiger partial charge in [-0.1, -0.05) is 0 Å². The van der Waals surface area contributed by atoms with Crippen molar-refractivity contribution in [3.05, 3.63) is 32.6 Å².